The van der Waals surface area contributed by atoms with Gasteiger partial charge in [-0.3, -0.25) is 0 Å². The normalized spacial score (nSPS) is 9.25. The van der Waals surface area contributed by atoms with E-state index in [9.17, 15) is 4.39 Å². The van der Waals surface area contributed by atoms with Crippen LogP contribution in [-0.4, -0.2) is 15.2 Å². The molecule has 0 N–H and O–H groups in total. The van der Waals surface area contributed by atoms with Gasteiger partial charge in [0.25, 0.3) is 0 Å². The third-order valence-electron chi connectivity index (χ3n) is 0.461. The van der Waals surface area contributed by atoms with Crippen LogP contribution in [0.15, 0.2) is 4.60 Å². The van der Waals surface area contributed by atoms with E-state index in [-0.39, 0.29) is 0 Å². The first-order chi connectivity index (χ1) is 3.79. The van der Waals surface area contributed by atoms with Gasteiger partial charge in [0, 0.05) is 0 Å². The van der Waals surface area contributed by atoms with E-state index in [1.807, 2.05) is 0 Å². The van der Waals surface area contributed by atoms with E-state index < -0.39 is 6.08 Å². The molecule has 1 aromatic rings. The van der Waals surface area contributed by atoms with Gasteiger partial charge < -0.3 is 0 Å². The van der Waals surface area contributed by atoms with Crippen molar-refractivity contribution in [3.05, 3.63) is 16.9 Å². The first-order valence-corrected chi connectivity index (χ1v) is 2.52. The van der Waals surface area contributed by atoms with Crippen LogP contribution in [0.5, 0.6) is 0 Å². The summed E-state index contributed by atoms with van der Waals surface area (Å²) in [7, 11) is 0. The number of hydrogen-bond acceptors (Lipinski definition) is 3. The van der Waals surface area contributed by atoms with E-state index in [0.29, 0.717) is 4.60 Å². The zero-order chi connectivity index (χ0) is 5.98. The van der Waals surface area contributed by atoms with Crippen LogP contribution < -0.4 is 0 Å². The predicted octanol–water partition coefficient (Wildman–Crippen LogP) is 0.573. The molecule has 0 unspecified atom stereocenters. The van der Waals surface area contributed by atoms with Crippen molar-refractivity contribution >= 4 is 15.9 Å². The summed E-state index contributed by atoms with van der Waals surface area (Å²) in [6, 6.07) is 0. The maximum atomic E-state index is 11.7. The molecule has 0 aliphatic carbocycles. The fourth-order valence-electron chi connectivity index (χ4n) is 0.222. The van der Waals surface area contributed by atoms with Gasteiger partial charge in [-0.25, -0.2) is 0 Å². The lowest BCUT2D eigenvalue weighted by molar-refractivity contribution is 0.514. The molecule has 8 heavy (non-hydrogen) atoms. The summed E-state index contributed by atoms with van der Waals surface area (Å²) in [5.41, 5.74) is 0. The summed E-state index contributed by atoms with van der Waals surface area (Å²) < 4.78 is 12.1. The van der Waals surface area contributed by atoms with E-state index in [1.165, 1.54) is 0 Å². The van der Waals surface area contributed by atoms with Crippen molar-refractivity contribution in [2.24, 2.45) is 0 Å². The highest BCUT2D eigenvalue weighted by Gasteiger charge is 1.91. The number of nitrogens with zero attached hydrogens (tertiary/aromatic N) is 3. The fourth-order valence-corrected chi connectivity index (χ4v) is 0.390. The molecule has 1 aromatic heterocycles. The number of rotatable bonds is 0. The summed E-state index contributed by atoms with van der Waals surface area (Å²) in [5.74, 6) is 0. The van der Waals surface area contributed by atoms with Gasteiger partial charge in [0.05, 0.1) is 0 Å². The van der Waals surface area contributed by atoms with Crippen LogP contribution in [-0.2, 0) is 0 Å². The van der Waals surface area contributed by atoms with Crippen molar-refractivity contribution < 1.29 is 4.39 Å². The summed E-state index contributed by atoms with van der Waals surface area (Å²) in [6.07, 6.45) is 1.35. The van der Waals surface area contributed by atoms with Gasteiger partial charge in [-0.05, 0) is 15.9 Å². The molecule has 0 aliphatic rings. The van der Waals surface area contributed by atoms with Crippen LogP contribution in [0.25, 0.3) is 0 Å². The Bertz CT molecular complexity index is 153. The molecule has 1 radical (unpaired) electrons. The molecule has 5 heteroatoms. The first kappa shape index (κ1) is 5.55. The molecule has 1 heterocycles. The van der Waals surface area contributed by atoms with Gasteiger partial charge in [0.15, 0.2) is 4.60 Å². The van der Waals surface area contributed by atoms with Gasteiger partial charge >= 0.3 is 6.08 Å². The third-order valence-corrected chi connectivity index (χ3v) is 0.797. The molecular weight excluding hydrogens is 177 g/mol. The predicted molar refractivity (Wildman–Crippen MR) is 26.3 cm³/mol. The molecule has 0 bridgehead atoms. The van der Waals surface area contributed by atoms with Crippen LogP contribution >= 0.6 is 15.9 Å². The highest BCUT2D eigenvalue weighted by molar-refractivity contribution is 9.10. The summed E-state index contributed by atoms with van der Waals surface area (Å²) >= 11 is 2.89. The Morgan fingerprint density at radius 3 is 2.62 bits per heavy atom. The zero-order valence-electron chi connectivity index (χ0n) is 3.60. The molecule has 0 amide bonds. The van der Waals surface area contributed by atoms with E-state index in [4.69, 9.17) is 0 Å². The zero-order valence-corrected chi connectivity index (χ0v) is 5.18. The maximum Gasteiger partial charge on any atom is 0.328 e. The molecule has 41 valence electrons. The van der Waals surface area contributed by atoms with E-state index in [2.05, 4.69) is 37.3 Å². The van der Waals surface area contributed by atoms with Crippen LogP contribution in [0.4, 0.5) is 4.39 Å². The second-order valence-corrected chi connectivity index (χ2v) is 1.73. The van der Waals surface area contributed by atoms with Gasteiger partial charge in [0.1, 0.15) is 6.20 Å². The van der Waals surface area contributed by atoms with Crippen molar-refractivity contribution in [1.82, 2.24) is 15.2 Å². The molecule has 0 aliphatic heterocycles. The Morgan fingerprint density at radius 1 is 1.50 bits per heavy atom. The highest BCUT2D eigenvalue weighted by Crippen LogP contribution is 1.97. The van der Waals surface area contributed by atoms with Gasteiger partial charge in [-0.1, -0.05) is 5.10 Å². The van der Waals surface area contributed by atoms with E-state index in [0.717, 1.165) is 0 Å². The average molecular weight is 177 g/mol. The van der Waals surface area contributed by atoms with Crippen LogP contribution in [0.1, 0.15) is 0 Å². The van der Waals surface area contributed by atoms with Crippen molar-refractivity contribution in [2.75, 3.05) is 0 Å². The number of hydrogen-bond donors (Lipinski definition) is 0. The molecule has 1 rings (SSSR count). The van der Waals surface area contributed by atoms with Crippen LogP contribution in [0, 0.1) is 12.3 Å². The second kappa shape index (κ2) is 2.13. The molecule has 0 spiro atoms. The van der Waals surface area contributed by atoms with Crippen molar-refractivity contribution in [3.8, 4) is 0 Å². The molecule has 0 saturated carbocycles. The SMILES string of the molecule is Fc1n[c]c(Br)nn1. The Labute approximate surface area is 53.1 Å². The van der Waals surface area contributed by atoms with Gasteiger partial charge in [-0.15, -0.1) is 5.10 Å². The third kappa shape index (κ3) is 1.19. The Morgan fingerprint density at radius 2 is 2.25 bits per heavy atom. The Kier molecular flexibility index (Phi) is 1.48. The molecule has 0 saturated heterocycles. The molecular formula is C3BrFN3. The second-order valence-electron chi connectivity index (χ2n) is 0.983. The topological polar surface area (TPSA) is 38.7 Å². The quantitative estimate of drug-likeness (QED) is 0.581. The maximum absolute atomic E-state index is 11.7. The minimum atomic E-state index is -0.867. The van der Waals surface area contributed by atoms with Crippen LogP contribution in [0.2, 0.25) is 0 Å². The lowest BCUT2D eigenvalue weighted by Gasteiger charge is -1.81. The Hall–Kier alpha value is -0.580. The minimum Gasteiger partial charge on any atom is -0.196 e. The summed E-state index contributed by atoms with van der Waals surface area (Å²) in [5, 5.41) is 6.23. The van der Waals surface area contributed by atoms with Gasteiger partial charge in [-0.2, -0.15) is 9.37 Å². The molecule has 3 nitrogen and oxygen atoms in total. The minimum absolute atomic E-state index is 0.305. The molecule has 0 aromatic carbocycles. The monoisotopic (exact) mass is 176 g/mol. The van der Waals surface area contributed by atoms with Gasteiger partial charge in [0.2, 0.25) is 0 Å². The van der Waals surface area contributed by atoms with Crippen molar-refractivity contribution in [2.45, 2.75) is 0 Å². The van der Waals surface area contributed by atoms with E-state index >= 15 is 0 Å². The lowest BCUT2D eigenvalue weighted by atomic mass is 10.9. The first-order valence-electron chi connectivity index (χ1n) is 1.72. The van der Waals surface area contributed by atoms with Crippen molar-refractivity contribution in [3.63, 3.8) is 0 Å². The van der Waals surface area contributed by atoms with Crippen LogP contribution in [0.3, 0.4) is 0 Å². The number of halogens is 2. The van der Waals surface area contributed by atoms with Crippen molar-refractivity contribution in [1.29, 1.82) is 0 Å². The molecule has 0 fully saturated rings. The summed E-state index contributed by atoms with van der Waals surface area (Å²) in [4.78, 5) is 3.07. The largest absolute Gasteiger partial charge is 0.328 e. The smallest absolute Gasteiger partial charge is 0.196 e. The highest BCUT2D eigenvalue weighted by atomic mass is 79.9. The standard InChI is InChI=1S/C3BrFN3/c4-2-1-6-3(5)8-7-2. The average Bonchev–Trinajstić information content (AvgIpc) is 1.77. The Balaban J connectivity index is 3.03. The fraction of sp³-hybridized carbons (Fsp3) is 0. The molecule has 0 atom stereocenters. The summed E-state index contributed by atoms with van der Waals surface area (Å²) in [6.45, 7) is 0. The van der Waals surface area contributed by atoms with E-state index in [1.54, 1.807) is 0 Å². The number of aromatic nitrogens is 3. The lowest BCUT2D eigenvalue weighted by Crippen LogP contribution is -1.90.